The third kappa shape index (κ3) is 1.86. The van der Waals surface area contributed by atoms with Crippen molar-refractivity contribution in [2.45, 2.75) is 20.8 Å². The summed E-state index contributed by atoms with van der Waals surface area (Å²) in [7, 11) is 0. The van der Waals surface area contributed by atoms with Crippen molar-refractivity contribution < 1.29 is 10.2 Å². The van der Waals surface area contributed by atoms with E-state index in [0.717, 1.165) is 16.7 Å². The van der Waals surface area contributed by atoms with Gasteiger partial charge in [-0.15, -0.1) is 0 Å². The Morgan fingerprint density at radius 1 is 0.765 bits per heavy atom. The number of rotatable bonds is 1. The molecule has 2 rings (SSSR count). The number of benzene rings is 2. The molecule has 2 aromatic rings. The molecule has 2 N–H and O–H groups in total. The van der Waals surface area contributed by atoms with E-state index in [4.69, 9.17) is 0 Å². The summed E-state index contributed by atoms with van der Waals surface area (Å²) >= 11 is 0. The Morgan fingerprint density at radius 3 is 2.06 bits per heavy atom. The van der Waals surface area contributed by atoms with Gasteiger partial charge in [0.25, 0.3) is 0 Å². The van der Waals surface area contributed by atoms with E-state index in [1.807, 2.05) is 44.2 Å². The molecule has 0 radical (unpaired) electrons. The summed E-state index contributed by atoms with van der Waals surface area (Å²) in [6.45, 7) is 5.71. The lowest BCUT2D eigenvalue weighted by Crippen LogP contribution is -1.90. The maximum atomic E-state index is 10.1. The van der Waals surface area contributed by atoms with E-state index in [0.29, 0.717) is 11.1 Å². The first kappa shape index (κ1) is 11.5. The molecule has 0 spiro atoms. The first-order valence-electron chi connectivity index (χ1n) is 5.60. The van der Waals surface area contributed by atoms with Gasteiger partial charge in [-0.2, -0.15) is 0 Å². The number of aromatic hydroxyl groups is 2. The molecule has 0 heterocycles. The molecule has 2 heteroatoms. The molecule has 0 fully saturated rings. The van der Waals surface area contributed by atoms with E-state index < -0.39 is 0 Å². The van der Waals surface area contributed by atoms with Gasteiger partial charge in [-0.25, -0.2) is 0 Å². The first-order valence-corrected chi connectivity index (χ1v) is 5.60. The van der Waals surface area contributed by atoms with Crippen LogP contribution in [-0.2, 0) is 0 Å². The van der Waals surface area contributed by atoms with E-state index in [1.54, 1.807) is 6.92 Å². The van der Waals surface area contributed by atoms with Crippen LogP contribution >= 0.6 is 0 Å². The van der Waals surface area contributed by atoms with E-state index >= 15 is 0 Å². The van der Waals surface area contributed by atoms with Crippen LogP contribution in [0.3, 0.4) is 0 Å². The predicted molar refractivity (Wildman–Crippen MR) is 69.4 cm³/mol. The van der Waals surface area contributed by atoms with Gasteiger partial charge in [-0.3, -0.25) is 0 Å². The van der Waals surface area contributed by atoms with E-state index in [2.05, 4.69) is 0 Å². The van der Waals surface area contributed by atoms with Gasteiger partial charge >= 0.3 is 0 Å². The van der Waals surface area contributed by atoms with E-state index in [9.17, 15) is 10.2 Å². The topological polar surface area (TPSA) is 40.5 Å². The van der Waals surface area contributed by atoms with Crippen molar-refractivity contribution >= 4 is 0 Å². The molecular formula is C15H16O2. The lowest BCUT2D eigenvalue weighted by Gasteiger charge is -2.14. The Morgan fingerprint density at radius 2 is 1.41 bits per heavy atom. The van der Waals surface area contributed by atoms with Crippen LogP contribution in [0.5, 0.6) is 11.5 Å². The molecule has 0 aliphatic rings. The van der Waals surface area contributed by atoms with Gasteiger partial charge in [0, 0.05) is 5.56 Å². The van der Waals surface area contributed by atoms with Gasteiger partial charge in [0.2, 0.25) is 0 Å². The molecule has 0 aromatic heterocycles. The quantitative estimate of drug-likeness (QED) is 0.731. The van der Waals surface area contributed by atoms with Crippen LogP contribution in [0.4, 0.5) is 0 Å². The summed E-state index contributed by atoms with van der Waals surface area (Å²) in [6.07, 6.45) is 0. The van der Waals surface area contributed by atoms with Gasteiger partial charge in [0.15, 0.2) is 11.5 Å². The summed E-state index contributed by atoms with van der Waals surface area (Å²) in [5.41, 5.74) is 4.41. The molecule has 0 saturated carbocycles. The summed E-state index contributed by atoms with van der Waals surface area (Å²) in [5.74, 6) is -0.0642. The molecule has 0 bridgehead atoms. The minimum atomic E-state index is -0.0335. The maximum Gasteiger partial charge on any atom is 0.165 e. The zero-order valence-corrected chi connectivity index (χ0v) is 10.3. The number of phenols is 2. The fourth-order valence-corrected chi connectivity index (χ4v) is 2.15. The SMILES string of the molecule is Cc1ccccc1-c1c(C)cc(C)c(O)c1O. The maximum absolute atomic E-state index is 10.1. The number of hydrogen-bond donors (Lipinski definition) is 2. The molecular weight excluding hydrogens is 212 g/mol. The zero-order valence-electron chi connectivity index (χ0n) is 10.3. The van der Waals surface area contributed by atoms with Gasteiger partial charge in [-0.05, 0) is 43.0 Å². The van der Waals surface area contributed by atoms with Gasteiger partial charge in [-0.1, -0.05) is 30.3 Å². The highest BCUT2D eigenvalue weighted by Crippen LogP contribution is 2.42. The summed E-state index contributed by atoms with van der Waals surface area (Å²) in [6, 6.07) is 9.71. The van der Waals surface area contributed by atoms with E-state index in [1.165, 1.54) is 0 Å². The molecule has 0 aliphatic heterocycles. The fourth-order valence-electron chi connectivity index (χ4n) is 2.15. The molecule has 88 valence electrons. The second kappa shape index (κ2) is 4.13. The van der Waals surface area contributed by atoms with Crippen LogP contribution in [0.15, 0.2) is 30.3 Å². The average Bonchev–Trinajstić information content (AvgIpc) is 2.29. The molecule has 17 heavy (non-hydrogen) atoms. The van der Waals surface area contributed by atoms with Crippen molar-refractivity contribution in [2.24, 2.45) is 0 Å². The smallest absolute Gasteiger partial charge is 0.165 e. The van der Waals surface area contributed by atoms with Crippen LogP contribution in [0.1, 0.15) is 16.7 Å². The summed E-state index contributed by atoms with van der Waals surface area (Å²) < 4.78 is 0. The Balaban J connectivity index is 2.77. The highest BCUT2D eigenvalue weighted by atomic mass is 16.3. The lowest BCUT2D eigenvalue weighted by molar-refractivity contribution is 0.402. The highest BCUT2D eigenvalue weighted by molar-refractivity contribution is 5.79. The summed E-state index contributed by atoms with van der Waals surface area (Å²) in [5, 5.41) is 19.9. The second-order valence-corrected chi connectivity index (χ2v) is 4.40. The Bertz CT molecular complexity index is 571. The van der Waals surface area contributed by atoms with Crippen LogP contribution in [0.2, 0.25) is 0 Å². The van der Waals surface area contributed by atoms with Crippen molar-refractivity contribution in [3.05, 3.63) is 47.0 Å². The first-order chi connectivity index (χ1) is 8.02. The predicted octanol–water partition coefficient (Wildman–Crippen LogP) is 3.69. The highest BCUT2D eigenvalue weighted by Gasteiger charge is 2.15. The third-order valence-electron chi connectivity index (χ3n) is 3.08. The Labute approximate surface area is 101 Å². The largest absolute Gasteiger partial charge is 0.504 e. The Hall–Kier alpha value is -1.96. The fraction of sp³-hybridized carbons (Fsp3) is 0.200. The zero-order chi connectivity index (χ0) is 12.6. The Kier molecular flexibility index (Phi) is 2.80. The average molecular weight is 228 g/mol. The van der Waals surface area contributed by atoms with Crippen LogP contribution in [0.25, 0.3) is 11.1 Å². The van der Waals surface area contributed by atoms with E-state index in [-0.39, 0.29) is 11.5 Å². The van der Waals surface area contributed by atoms with Crippen LogP contribution < -0.4 is 0 Å². The lowest BCUT2D eigenvalue weighted by atomic mass is 9.94. The van der Waals surface area contributed by atoms with Gasteiger partial charge in [0.05, 0.1) is 0 Å². The molecule has 2 nitrogen and oxygen atoms in total. The molecule has 0 unspecified atom stereocenters. The molecule has 2 aromatic carbocycles. The van der Waals surface area contributed by atoms with Gasteiger partial charge < -0.3 is 10.2 Å². The normalized spacial score (nSPS) is 10.5. The van der Waals surface area contributed by atoms with Crippen LogP contribution in [-0.4, -0.2) is 10.2 Å². The van der Waals surface area contributed by atoms with Crippen molar-refractivity contribution in [1.29, 1.82) is 0 Å². The van der Waals surface area contributed by atoms with Crippen molar-refractivity contribution in [2.75, 3.05) is 0 Å². The number of hydrogen-bond acceptors (Lipinski definition) is 2. The number of aryl methyl sites for hydroxylation is 3. The number of phenolic OH excluding ortho intramolecular Hbond substituents is 2. The standard InChI is InChI=1S/C15H16O2/c1-9-6-4-5-7-12(9)13-10(2)8-11(3)14(16)15(13)17/h4-8,16-17H,1-3H3. The monoisotopic (exact) mass is 228 g/mol. The van der Waals surface area contributed by atoms with Crippen molar-refractivity contribution in [3.63, 3.8) is 0 Å². The van der Waals surface area contributed by atoms with Crippen LogP contribution in [0, 0.1) is 20.8 Å². The minimum Gasteiger partial charge on any atom is -0.504 e. The molecule has 0 saturated heterocycles. The second-order valence-electron chi connectivity index (χ2n) is 4.40. The van der Waals surface area contributed by atoms with Crippen molar-refractivity contribution in [3.8, 4) is 22.6 Å². The molecule has 0 amide bonds. The molecule has 0 aliphatic carbocycles. The minimum absolute atomic E-state index is 0.0307. The molecule has 0 atom stereocenters. The van der Waals surface area contributed by atoms with Gasteiger partial charge in [0.1, 0.15) is 0 Å². The van der Waals surface area contributed by atoms with Crippen molar-refractivity contribution in [1.82, 2.24) is 0 Å². The third-order valence-corrected chi connectivity index (χ3v) is 3.08. The summed E-state index contributed by atoms with van der Waals surface area (Å²) in [4.78, 5) is 0.